The van der Waals surface area contributed by atoms with Gasteiger partial charge in [-0.2, -0.15) is 0 Å². The molecule has 1 aromatic carbocycles. The lowest BCUT2D eigenvalue weighted by Gasteiger charge is -2.29. The number of carbonyl (C=O) groups is 3. The third kappa shape index (κ3) is 4.64. The molecule has 33 heavy (non-hydrogen) atoms. The number of likely N-dealkylation sites (N-methyl/N-ethyl adjacent to an activating group) is 1. The number of nitrogens with one attached hydrogen (secondary N) is 1. The summed E-state index contributed by atoms with van der Waals surface area (Å²) in [5, 5.41) is 3.02. The van der Waals surface area contributed by atoms with Crippen LogP contribution in [0.1, 0.15) is 43.7 Å². The molecule has 9 heteroatoms. The van der Waals surface area contributed by atoms with Crippen LogP contribution in [0.4, 0.5) is 4.79 Å². The topological polar surface area (TPSA) is 91.4 Å². The number of methoxy groups -OCH3 is 2. The monoisotopic (exact) mass is 458 g/mol. The summed E-state index contributed by atoms with van der Waals surface area (Å²) in [6.07, 6.45) is 3.50. The number of nitrogens with zero attached hydrogens (tertiary/aromatic N) is 3. The van der Waals surface area contributed by atoms with E-state index in [-0.39, 0.29) is 24.4 Å². The predicted octanol–water partition coefficient (Wildman–Crippen LogP) is 1.77. The summed E-state index contributed by atoms with van der Waals surface area (Å²) in [7, 11) is 3.15. The quantitative estimate of drug-likeness (QED) is 0.567. The smallest absolute Gasteiger partial charge is 0.327 e. The van der Waals surface area contributed by atoms with E-state index in [4.69, 9.17) is 9.47 Å². The number of likely N-dealkylation sites (tertiary alicyclic amines) is 1. The summed E-state index contributed by atoms with van der Waals surface area (Å²) >= 11 is 0. The van der Waals surface area contributed by atoms with Crippen molar-refractivity contribution >= 4 is 17.8 Å². The molecule has 1 N–H and O–H groups in total. The Balaban J connectivity index is 1.30. The molecular formula is C24H34N4O5. The van der Waals surface area contributed by atoms with Gasteiger partial charge in [-0.15, -0.1) is 0 Å². The third-order valence-electron chi connectivity index (χ3n) is 7.09. The fourth-order valence-electron chi connectivity index (χ4n) is 5.23. The first-order valence-electron chi connectivity index (χ1n) is 11.8. The van der Waals surface area contributed by atoms with Gasteiger partial charge < -0.3 is 19.7 Å². The van der Waals surface area contributed by atoms with Gasteiger partial charge in [-0.1, -0.05) is 6.92 Å². The molecule has 1 unspecified atom stereocenters. The molecular weight excluding hydrogens is 424 g/mol. The van der Waals surface area contributed by atoms with Crippen LogP contribution < -0.4 is 14.8 Å². The maximum absolute atomic E-state index is 13.0. The number of imide groups is 1. The van der Waals surface area contributed by atoms with E-state index >= 15 is 0 Å². The molecule has 0 bridgehead atoms. The van der Waals surface area contributed by atoms with E-state index in [1.807, 2.05) is 12.1 Å². The third-order valence-corrected chi connectivity index (χ3v) is 7.09. The highest BCUT2D eigenvalue weighted by molar-refractivity contribution is 6.04. The number of hydrogen-bond acceptors (Lipinski definition) is 6. The maximum Gasteiger partial charge on any atom is 0.327 e. The van der Waals surface area contributed by atoms with Crippen LogP contribution in [0.3, 0.4) is 0 Å². The fourth-order valence-corrected chi connectivity index (χ4v) is 5.23. The standard InChI is InChI=1S/C24H34N4O5/c1-4-26-9-5-7-18(26)14-25-22(29)8-6-10-27-23(30)19-11-16-12-20(32-2)21(33-3)13-17(16)15-28(19)24(27)31/h12-13,18-19H,4-11,14-15H2,1-3H3,(H,25,29)/t18?,19-/m0/s1. The predicted molar refractivity (Wildman–Crippen MR) is 122 cm³/mol. The Morgan fingerprint density at radius 3 is 2.58 bits per heavy atom. The molecule has 0 spiro atoms. The molecule has 0 radical (unpaired) electrons. The van der Waals surface area contributed by atoms with Gasteiger partial charge in [0.05, 0.1) is 14.2 Å². The molecule has 3 aliphatic rings. The van der Waals surface area contributed by atoms with Crippen LogP contribution in [-0.2, 0) is 22.6 Å². The van der Waals surface area contributed by atoms with E-state index in [2.05, 4.69) is 17.1 Å². The molecule has 2 fully saturated rings. The molecule has 3 heterocycles. The second-order valence-corrected chi connectivity index (χ2v) is 8.93. The largest absolute Gasteiger partial charge is 0.493 e. The second kappa shape index (κ2) is 9.99. The molecule has 4 rings (SSSR count). The molecule has 0 aliphatic carbocycles. The van der Waals surface area contributed by atoms with E-state index < -0.39 is 6.04 Å². The van der Waals surface area contributed by atoms with E-state index in [1.54, 1.807) is 19.1 Å². The van der Waals surface area contributed by atoms with E-state index in [0.717, 1.165) is 30.6 Å². The molecule has 4 amide bonds. The van der Waals surface area contributed by atoms with Crippen molar-refractivity contribution in [2.24, 2.45) is 0 Å². The lowest BCUT2D eigenvalue weighted by atomic mass is 9.94. The van der Waals surface area contributed by atoms with Crippen LogP contribution in [0.25, 0.3) is 0 Å². The minimum atomic E-state index is -0.501. The number of urea groups is 1. The zero-order valence-electron chi connectivity index (χ0n) is 19.8. The van der Waals surface area contributed by atoms with Crippen LogP contribution in [0, 0.1) is 0 Å². The summed E-state index contributed by atoms with van der Waals surface area (Å²) in [5.41, 5.74) is 1.95. The number of fused-ring (bicyclic) bond motifs is 2. The number of carbonyl (C=O) groups excluding carboxylic acids is 3. The number of benzene rings is 1. The van der Waals surface area contributed by atoms with Crippen molar-refractivity contribution in [3.8, 4) is 11.5 Å². The Morgan fingerprint density at radius 1 is 1.15 bits per heavy atom. The minimum Gasteiger partial charge on any atom is -0.493 e. The number of rotatable bonds is 9. The van der Waals surface area contributed by atoms with Crippen molar-refractivity contribution in [3.63, 3.8) is 0 Å². The van der Waals surface area contributed by atoms with Crippen molar-refractivity contribution < 1.29 is 23.9 Å². The van der Waals surface area contributed by atoms with Crippen LogP contribution in [-0.4, -0.2) is 85.0 Å². The van der Waals surface area contributed by atoms with Crippen molar-refractivity contribution in [1.82, 2.24) is 20.0 Å². The lowest BCUT2D eigenvalue weighted by molar-refractivity contribution is -0.129. The van der Waals surface area contributed by atoms with Gasteiger partial charge in [-0.25, -0.2) is 4.79 Å². The summed E-state index contributed by atoms with van der Waals surface area (Å²) in [6.45, 7) is 5.51. The summed E-state index contributed by atoms with van der Waals surface area (Å²) < 4.78 is 10.8. The highest BCUT2D eigenvalue weighted by Gasteiger charge is 2.47. The maximum atomic E-state index is 13.0. The van der Waals surface area contributed by atoms with Gasteiger partial charge in [0.15, 0.2) is 11.5 Å². The number of amides is 4. The number of ether oxygens (including phenoxy) is 2. The molecule has 0 aromatic heterocycles. The Bertz CT molecular complexity index is 869. The van der Waals surface area contributed by atoms with E-state index in [1.165, 1.54) is 11.3 Å². The normalized spacial score (nSPS) is 22.4. The summed E-state index contributed by atoms with van der Waals surface area (Å²) in [4.78, 5) is 43.5. The van der Waals surface area contributed by atoms with E-state index in [9.17, 15) is 14.4 Å². The van der Waals surface area contributed by atoms with Crippen molar-refractivity contribution in [3.05, 3.63) is 23.3 Å². The molecule has 1 aromatic rings. The highest BCUT2D eigenvalue weighted by Crippen LogP contribution is 2.37. The van der Waals surface area contributed by atoms with Gasteiger partial charge in [0.25, 0.3) is 5.91 Å². The molecule has 2 saturated heterocycles. The summed E-state index contributed by atoms with van der Waals surface area (Å²) in [5.74, 6) is 1.01. The SMILES string of the molecule is CCN1CCCC1CNC(=O)CCCN1C(=O)[C@@H]2Cc3cc(OC)c(OC)cc3CN2C1=O. The average Bonchev–Trinajstić information content (AvgIpc) is 3.38. The van der Waals surface area contributed by atoms with Gasteiger partial charge >= 0.3 is 6.03 Å². The Morgan fingerprint density at radius 2 is 1.88 bits per heavy atom. The Hall–Kier alpha value is -2.81. The average molecular weight is 459 g/mol. The zero-order valence-corrected chi connectivity index (χ0v) is 19.8. The molecule has 9 nitrogen and oxygen atoms in total. The number of hydrogen-bond donors (Lipinski definition) is 1. The van der Waals surface area contributed by atoms with Crippen LogP contribution >= 0.6 is 0 Å². The first-order valence-corrected chi connectivity index (χ1v) is 11.8. The van der Waals surface area contributed by atoms with Gasteiger partial charge in [0.1, 0.15) is 6.04 Å². The van der Waals surface area contributed by atoms with Crippen LogP contribution in [0.15, 0.2) is 12.1 Å². The fraction of sp³-hybridized carbons (Fsp3) is 0.625. The van der Waals surface area contributed by atoms with Crippen molar-refractivity contribution in [2.45, 2.75) is 57.7 Å². The van der Waals surface area contributed by atoms with Crippen molar-refractivity contribution in [2.75, 3.05) is 40.4 Å². The van der Waals surface area contributed by atoms with Gasteiger partial charge in [0, 0.05) is 38.5 Å². The lowest BCUT2D eigenvalue weighted by Crippen LogP contribution is -2.40. The highest BCUT2D eigenvalue weighted by atomic mass is 16.5. The summed E-state index contributed by atoms with van der Waals surface area (Å²) in [6, 6.07) is 3.39. The molecule has 0 saturated carbocycles. The molecule has 2 atom stereocenters. The second-order valence-electron chi connectivity index (χ2n) is 8.93. The van der Waals surface area contributed by atoms with Gasteiger partial charge in [-0.05, 0) is 55.6 Å². The van der Waals surface area contributed by atoms with E-state index in [0.29, 0.717) is 49.9 Å². The minimum absolute atomic E-state index is 0.0265. The first-order chi connectivity index (χ1) is 16.0. The molecule has 3 aliphatic heterocycles. The van der Waals surface area contributed by atoms with Gasteiger partial charge in [-0.3, -0.25) is 19.4 Å². The Labute approximate surface area is 195 Å². The van der Waals surface area contributed by atoms with Gasteiger partial charge in [0.2, 0.25) is 5.91 Å². The van der Waals surface area contributed by atoms with Crippen LogP contribution in [0.5, 0.6) is 11.5 Å². The Kier molecular flexibility index (Phi) is 7.07. The first kappa shape index (κ1) is 23.4. The molecule has 180 valence electrons. The van der Waals surface area contributed by atoms with Crippen LogP contribution in [0.2, 0.25) is 0 Å². The van der Waals surface area contributed by atoms with Crippen molar-refractivity contribution in [1.29, 1.82) is 0 Å². The zero-order chi connectivity index (χ0) is 23.5.